The minimum Gasteiger partial charge on any atom is -0.489 e. The Balaban J connectivity index is 1.26. The lowest BCUT2D eigenvalue weighted by Crippen LogP contribution is -2.61. The van der Waals surface area contributed by atoms with Gasteiger partial charge in [-0.15, -0.1) is 0 Å². The van der Waals surface area contributed by atoms with Gasteiger partial charge in [-0.3, -0.25) is 15.0 Å². The van der Waals surface area contributed by atoms with Crippen molar-refractivity contribution in [3.63, 3.8) is 0 Å². The van der Waals surface area contributed by atoms with Gasteiger partial charge in [0, 0.05) is 48.1 Å². The first-order chi connectivity index (χ1) is 17.2. The summed E-state index contributed by atoms with van der Waals surface area (Å²) >= 11 is 0. The largest absolute Gasteiger partial charge is 0.489 e. The fraction of sp³-hybridized carbons (Fsp3) is 0.407. The SMILES string of the molecule is Cc1cc(COc2ccc(S(=O)(=O)CC3(CC(=O)NO)CN(CC4CC4)C3)cc2)c2ccccc2n1. The zero-order valence-corrected chi connectivity index (χ0v) is 21.1. The van der Waals surface area contributed by atoms with Gasteiger partial charge >= 0.3 is 0 Å². The number of hydrogen-bond donors (Lipinski definition) is 2. The molecule has 2 fully saturated rings. The molecule has 1 saturated heterocycles. The first-order valence-corrected chi connectivity index (χ1v) is 13.9. The van der Waals surface area contributed by atoms with Gasteiger partial charge in [0.05, 0.1) is 16.2 Å². The van der Waals surface area contributed by atoms with Gasteiger partial charge in [-0.25, -0.2) is 13.9 Å². The number of sulfone groups is 1. The Kier molecular flexibility index (Phi) is 6.72. The summed E-state index contributed by atoms with van der Waals surface area (Å²) in [4.78, 5) is 18.9. The average Bonchev–Trinajstić information content (AvgIpc) is 3.65. The fourth-order valence-electron chi connectivity index (χ4n) is 5.24. The Morgan fingerprint density at radius 1 is 1.17 bits per heavy atom. The highest BCUT2D eigenvalue weighted by Gasteiger charge is 2.48. The second kappa shape index (κ2) is 9.80. The lowest BCUT2D eigenvalue weighted by molar-refractivity contribution is -0.134. The molecular formula is C27H31N3O5S. The van der Waals surface area contributed by atoms with Crippen LogP contribution in [0, 0.1) is 18.3 Å². The van der Waals surface area contributed by atoms with Crippen LogP contribution in [0.3, 0.4) is 0 Å². The lowest BCUT2D eigenvalue weighted by atomic mass is 9.78. The summed E-state index contributed by atoms with van der Waals surface area (Å²) in [6, 6.07) is 16.3. The molecule has 2 aliphatic rings. The second-order valence-corrected chi connectivity index (χ2v) is 12.3. The van der Waals surface area contributed by atoms with Gasteiger partial charge in [0.25, 0.3) is 0 Å². The monoisotopic (exact) mass is 509 g/mol. The highest BCUT2D eigenvalue weighted by Crippen LogP contribution is 2.40. The maximum absolute atomic E-state index is 13.3. The van der Waals surface area contributed by atoms with Crippen molar-refractivity contribution in [2.24, 2.45) is 11.3 Å². The number of nitrogens with zero attached hydrogens (tertiary/aromatic N) is 2. The molecule has 8 nitrogen and oxygen atoms in total. The van der Waals surface area contributed by atoms with Crippen molar-refractivity contribution in [3.8, 4) is 5.75 Å². The predicted octanol–water partition coefficient (Wildman–Crippen LogP) is 3.50. The van der Waals surface area contributed by atoms with Crippen LogP contribution in [0.15, 0.2) is 59.5 Å². The van der Waals surface area contributed by atoms with E-state index in [1.807, 2.05) is 37.3 Å². The molecule has 9 heteroatoms. The van der Waals surface area contributed by atoms with Gasteiger partial charge < -0.3 is 9.64 Å². The molecule has 1 saturated carbocycles. The summed E-state index contributed by atoms with van der Waals surface area (Å²) in [5, 5.41) is 10.0. The third-order valence-corrected chi connectivity index (χ3v) is 8.98. The van der Waals surface area contributed by atoms with E-state index >= 15 is 0 Å². The van der Waals surface area contributed by atoms with E-state index in [9.17, 15) is 13.2 Å². The molecule has 1 aromatic heterocycles. The van der Waals surface area contributed by atoms with Crippen molar-refractivity contribution in [1.29, 1.82) is 0 Å². The highest BCUT2D eigenvalue weighted by atomic mass is 32.2. The van der Waals surface area contributed by atoms with E-state index in [1.165, 1.54) is 12.8 Å². The molecule has 0 radical (unpaired) electrons. The lowest BCUT2D eigenvalue weighted by Gasteiger charge is -2.50. The molecule has 1 aliphatic heterocycles. The number of nitrogens with one attached hydrogen (secondary N) is 1. The van der Waals surface area contributed by atoms with E-state index in [0.717, 1.165) is 28.7 Å². The quantitative estimate of drug-likeness (QED) is 0.318. The number of carbonyl (C=O) groups is 1. The number of hydrogen-bond acceptors (Lipinski definition) is 7. The number of amides is 1. The van der Waals surface area contributed by atoms with Crippen molar-refractivity contribution in [3.05, 3.63) is 65.9 Å². The van der Waals surface area contributed by atoms with E-state index in [4.69, 9.17) is 9.94 Å². The van der Waals surface area contributed by atoms with E-state index in [2.05, 4.69) is 9.88 Å². The molecule has 2 aromatic carbocycles. The number of rotatable bonds is 10. The molecule has 2 heterocycles. The molecule has 0 spiro atoms. The Bertz CT molecular complexity index is 1360. The van der Waals surface area contributed by atoms with E-state index in [-0.39, 0.29) is 17.1 Å². The van der Waals surface area contributed by atoms with Crippen LogP contribution in [-0.4, -0.2) is 54.8 Å². The smallest absolute Gasteiger partial charge is 0.244 e. The summed E-state index contributed by atoms with van der Waals surface area (Å²) in [6.07, 6.45) is 2.40. The van der Waals surface area contributed by atoms with Gasteiger partial charge in [-0.05, 0) is 62.1 Å². The van der Waals surface area contributed by atoms with Crippen LogP contribution < -0.4 is 10.2 Å². The Labute approximate surface area is 211 Å². The van der Waals surface area contributed by atoms with Gasteiger partial charge in [0.2, 0.25) is 5.91 Å². The van der Waals surface area contributed by atoms with Crippen LogP contribution in [0.5, 0.6) is 5.75 Å². The van der Waals surface area contributed by atoms with Crippen LogP contribution in [0.1, 0.15) is 30.5 Å². The molecule has 1 aliphatic carbocycles. The van der Waals surface area contributed by atoms with Gasteiger partial charge in [-0.2, -0.15) is 0 Å². The topological polar surface area (TPSA) is 109 Å². The number of aryl methyl sites for hydroxylation is 1. The molecule has 0 atom stereocenters. The number of hydroxylamine groups is 1. The maximum atomic E-state index is 13.3. The average molecular weight is 510 g/mol. The Morgan fingerprint density at radius 2 is 1.89 bits per heavy atom. The molecule has 3 aromatic rings. The highest BCUT2D eigenvalue weighted by molar-refractivity contribution is 7.91. The van der Waals surface area contributed by atoms with Crippen molar-refractivity contribution >= 4 is 26.6 Å². The van der Waals surface area contributed by atoms with Gasteiger partial charge in [-0.1, -0.05) is 18.2 Å². The predicted molar refractivity (Wildman–Crippen MR) is 135 cm³/mol. The number of benzene rings is 2. The molecule has 5 rings (SSSR count). The number of likely N-dealkylation sites (tertiary alicyclic amines) is 1. The number of para-hydroxylation sites is 1. The molecule has 2 N–H and O–H groups in total. The Hall–Kier alpha value is -3.01. The normalized spacial score (nSPS) is 17.5. The first-order valence-electron chi connectivity index (χ1n) is 12.2. The van der Waals surface area contributed by atoms with Crippen molar-refractivity contribution < 1.29 is 23.2 Å². The number of pyridine rings is 1. The second-order valence-electron chi connectivity index (χ2n) is 10.3. The summed E-state index contributed by atoms with van der Waals surface area (Å²) < 4.78 is 32.5. The van der Waals surface area contributed by atoms with Crippen LogP contribution in [0.4, 0.5) is 0 Å². The molecular weight excluding hydrogens is 478 g/mol. The summed E-state index contributed by atoms with van der Waals surface area (Å²) in [6.45, 7) is 4.31. The Morgan fingerprint density at radius 3 is 2.58 bits per heavy atom. The number of fused-ring (bicyclic) bond motifs is 1. The summed E-state index contributed by atoms with van der Waals surface area (Å²) in [5.41, 5.74) is 3.79. The third-order valence-electron chi connectivity index (χ3n) is 6.99. The third kappa shape index (κ3) is 5.53. The van der Waals surface area contributed by atoms with Gasteiger partial charge in [0.1, 0.15) is 12.4 Å². The van der Waals surface area contributed by atoms with Crippen LogP contribution in [-0.2, 0) is 21.2 Å². The minimum atomic E-state index is -3.64. The molecule has 0 bridgehead atoms. The van der Waals surface area contributed by atoms with Crippen molar-refractivity contribution in [2.75, 3.05) is 25.4 Å². The summed E-state index contributed by atoms with van der Waals surface area (Å²) in [7, 11) is -3.64. The van der Waals surface area contributed by atoms with Crippen molar-refractivity contribution in [1.82, 2.24) is 15.4 Å². The van der Waals surface area contributed by atoms with Crippen molar-refractivity contribution in [2.45, 2.75) is 37.7 Å². The molecule has 0 unspecified atom stereocenters. The van der Waals surface area contributed by atoms with E-state index in [0.29, 0.717) is 31.4 Å². The minimum absolute atomic E-state index is 0.0234. The number of carbonyl (C=O) groups excluding carboxylic acids is 1. The number of aromatic nitrogens is 1. The molecule has 36 heavy (non-hydrogen) atoms. The van der Waals surface area contributed by atoms with Crippen LogP contribution >= 0.6 is 0 Å². The van der Waals surface area contributed by atoms with Gasteiger partial charge in [0.15, 0.2) is 9.84 Å². The number of ether oxygens (including phenoxy) is 1. The standard InChI is InChI=1S/C27H31N3O5S/c1-19-12-21(24-4-2-3-5-25(24)28-19)15-35-22-8-10-23(11-9-22)36(33,34)18-27(13-26(31)29-32)16-30(17-27)14-20-6-7-20/h2-5,8-12,20,32H,6-7,13-18H2,1H3,(H,29,31). The zero-order valence-electron chi connectivity index (χ0n) is 20.3. The molecule has 190 valence electrons. The fourth-order valence-corrected chi connectivity index (χ4v) is 7.04. The first kappa shape index (κ1) is 24.7. The zero-order chi connectivity index (χ0) is 25.3. The van der Waals surface area contributed by atoms with E-state index < -0.39 is 21.2 Å². The van der Waals surface area contributed by atoms with Crippen LogP contribution in [0.25, 0.3) is 10.9 Å². The van der Waals surface area contributed by atoms with Crippen LogP contribution in [0.2, 0.25) is 0 Å². The molecule has 1 amide bonds. The maximum Gasteiger partial charge on any atom is 0.244 e. The summed E-state index contributed by atoms with van der Waals surface area (Å²) in [5.74, 6) is 0.560. The van der Waals surface area contributed by atoms with E-state index in [1.54, 1.807) is 29.7 Å².